The molecule has 104 valence electrons. The highest BCUT2D eigenvalue weighted by Crippen LogP contribution is 2.37. The molecule has 0 bridgehead atoms. The zero-order chi connectivity index (χ0) is 14.1. The molecule has 6 nitrogen and oxygen atoms in total. The van der Waals surface area contributed by atoms with Crippen LogP contribution in [0.25, 0.3) is 0 Å². The summed E-state index contributed by atoms with van der Waals surface area (Å²) in [5.41, 5.74) is 0.818. The van der Waals surface area contributed by atoms with Crippen molar-refractivity contribution in [3.05, 3.63) is 40.4 Å². The first kappa shape index (κ1) is 13.0. The van der Waals surface area contributed by atoms with E-state index in [1.165, 1.54) is 0 Å². The lowest BCUT2D eigenvalue weighted by Gasteiger charge is -2.13. The highest BCUT2D eigenvalue weighted by atomic mass is 79.9. The molecule has 0 saturated heterocycles. The van der Waals surface area contributed by atoms with E-state index >= 15 is 0 Å². The average molecular weight is 339 g/mol. The van der Waals surface area contributed by atoms with Crippen molar-refractivity contribution in [3.8, 4) is 11.5 Å². The quantitative estimate of drug-likeness (QED) is 0.894. The number of nitrogens with zero attached hydrogens (tertiary/aromatic N) is 1. The van der Waals surface area contributed by atoms with Gasteiger partial charge in [-0.1, -0.05) is 6.07 Å². The van der Waals surface area contributed by atoms with Gasteiger partial charge in [0.05, 0.1) is 18.5 Å². The number of carboxylic acid groups (broad SMARTS) is 1. The maximum Gasteiger partial charge on any atom is 0.304 e. The molecule has 0 aliphatic carbocycles. The molecule has 2 aromatic rings. The average Bonchev–Trinajstić information content (AvgIpc) is 3.03. The minimum absolute atomic E-state index is 0.0560. The second-order valence-electron chi connectivity index (χ2n) is 4.38. The zero-order valence-corrected chi connectivity index (χ0v) is 11.9. The van der Waals surface area contributed by atoms with Crippen molar-refractivity contribution < 1.29 is 19.4 Å². The molecule has 1 aromatic carbocycles. The highest BCUT2D eigenvalue weighted by molar-refractivity contribution is 9.10. The van der Waals surface area contributed by atoms with Gasteiger partial charge in [0.2, 0.25) is 6.79 Å². The van der Waals surface area contributed by atoms with Gasteiger partial charge in [-0.05, 0) is 33.6 Å². The zero-order valence-electron chi connectivity index (χ0n) is 10.3. The number of ether oxygens (including phenoxy) is 2. The number of hydrogen-bond acceptors (Lipinski definition) is 4. The third kappa shape index (κ3) is 2.49. The molecule has 7 heteroatoms. The lowest BCUT2D eigenvalue weighted by atomic mass is 9.94. The van der Waals surface area contributed by atoms with E-state index in [0.717, 1.165) is 5.56 Å². The van der Waals surface area contributed by atoms with E-state index in [4.69, 9.17) is 14.6 Å². The van der Waals surface area contributed by atoms with E-state index in [2.05, 4.69) is 25.9 Å². The van der Waals surface area contributed by atoms with E-state index in [0.29, 0.717) is 21.9 Å². The standard InChI is InChI=1S/C13H11BrN2O4/c14-11-5-15-13(16-11)8(4-12(17)18)7-1-2-9-10(3-7)20-6-19-9/h1-3,5,8H,4,6H2,(H,15,16)(H,17,18). The van der Waals surface area contributed by atoms with Gasteiger partial charge in [0.25, 0.3) is 0 Å². The Morgan fingerprint density at radius 2 is 2.25 bits per heavy atom. The first-order valence-corrected chi connectivity index (χ1v) is 6.74. The summed E-state index contributed by atoms with van der Waals surface area (Å²) in [5.74, 6) is 0.638. The first-order valence-electron chi connectivity index (χ1n) is 5.95. The molecule has 0 radical (unpaired) electrons. The van der Waals surface area contributed by atoms with Gasteiger partial charge in [0.15, 0.2) is 11.5 Å². The van der Waals surface area contributed by atoms with Crippen LogP contribution in [0.5, 0.6) is 11.5 Å². The number of aromatic nitrogens is 2. The van der Waals surface area contributed by atoms with Crippen molar-refractivity contribution >= 4 is 21.9 Å². The summed E-state index contributed by atoms with van der Waals surface area (Å²) in [4.78, 5) is 18.3. The number of hydrogen-bond donors (Lipinski definition) is 2. The summed E-state index contributed by atoms with van der Waals surface area (Å²) >= 11 is 3.28. The second kappa shape index (κ2) is 5.16. The molecule has 1 aliphatic heterocycles. The molecule has 3 rings (SSSR count). The summed E-state index contributed by atoms with van der Waals surface area (Å²) in [6.07, 6.45) is 1.55. The van der Waals surface area contributed by atoms with Gasteiger partial charge in [0, 0.05) is 0 Å². The van der Waals surface area contributed by atoms with Crippen LogP contribution in [0.1, 0.15) is 23.7 Å². The molecule has 0 saturated carbocycles. The minimum Gasteiger partial charge on any atom is -0.481 e. The minimum atomic E-state index is -0.889. The van der Waals surface area contributed by atoms with Gasteiger partial charge in [-0.25, -0.2) is 4.98 Å². The van der Waals surface area contributed by atoms with Crippen LogP contribution in [-0.2, 0) is 4.79 Å². The van der Waals surface area contributed by atoms with Crippen LogP contribution >= 0.6 is 15.9 Å². The maximum absolute atomic E-state index is 11.1. The van der Waals surface area contributed by atoms with Gasteiger partial charge >= 0.3 is 5.97 Å². The smallest absolute Gasteiger partial charge is 0.304 e. The summed E-state index contributed by atoms with van der Waals surface area (Å²) in [7, 11) is 0. The molecule has 0 fully saturated rings. The Hall–Kier alpha value is -2.02. The number of rotatable bonds is 4. The van der Waals surface area contributed by atoms with Gasteiger partial charge in [-0.3, -0.25) is 4.79 Å². The van der Waals surface area contributed by atoms with Crippen molar-refractivity contribution in [2.45, 2.75) is 12.3 Å². The van der Waals surface area contributed by atoms with Gasteiger partial charge in [-0.2, -0.15) is 0 Å². The van der Waals surface area contributed by atoms with E-state index in [9.17, 15) is 4.79 Å². The first-order chi connectivity index (χ1) is 9.63. The number of carboxylic acids is 1. The molecule has 1 aliphatic rings. The highest BCUT2D eigenvalue weighted by Gasteiger charge is 2.23. The molecule has 1 atom stereocenters. The summed E-state index contributed by atoms with van der Waals surface area (Å²) < 4.78 is 11.3. The summed E-state index contributed by atoms with van der Waals surface area (Å²) in [6.45, 7) is 0.189. The third-order valence-electron chi connectivity index (χ3n) is 3.07. The number of H-pyrrole nitrogens is 1. The van der Waals surface area contributed by atoms with Crippen molar-refractivity contribution in [1.29, 1.82) is 0 Å². The number of nitrogens with one attached hydrogen (secondary N) is 1. The fraction of sp³-hybridized carbons (Fsp3) is 0.231. The van der Waals surface area contributed by atoms with Crippen LogP contribution in [0.3, 0.4) is 0 Å². The normalized spacial score (nSPS) is 14.2. The molecule has 0 amide bonds. The number of aliphatic carboxylic acids is 1. The van der Waals surface area contributed by atoms with E-state index in [1.807, 2.05) is 6.07 Å². The number of halogens is 1. The molecular weight excluding hydrogens is 328 g/mol. The molecule has 1 unspecified atom stereocenters. The Balaban J connectivity index is 1.98. The van der Waals surface area contributed by atoms with Crippen LogP contribution in [0.2, 0.25) is 0 Å². The molecular formula is C13H11BrN2O4. The Morgan fingerprint density at radius 3 is 2.95 bits per heavy atom. The van der Waals surface area contributed by atoms with E-state index < -0.39 is 5.97 Å². The molecule has 0 spiro atoms. The molecule has 20 heavy (non-hydrogen) atoms. The Morgan fingerprint density at radius 1 is 1.45 bits per heavy atom. The molecule has 2 N–H and O–H groups in total. The predicted octanol–water partition coefficient (Wildman–Crippen LogP) is 2.51. The van der Waals surface area contributed by atoms with Gasteiger partial charge in [-0.15, -0.1) is 0 Å². The summed E-state index contributed by atoms with van der Waals surface area (Å²) in [5, 5.41) is 9.10. The fourth-order valence-electron chi connectivity index (χ4n) is 2.17. The van der Waals surface area contributed by atoms with Crippen molar-refractivity contribution in [2.75, 3.05) is 6.79 Å². The largest absolute Gasteiger partial charge is 0.481 e. The van der Waals surface area contributed by atoms with Crippen LogP contribution in [0, 0.1) is 0 Å². The number of imidazole rings is 1. The van der Waals surface area contributed by atoms with Crippen LogP contribution < -0.4 is 9.47 Å². The monoisotopic (exact) mass is 338 g/mol. The Kier molecular flexibility index (Phi) is 3.35. The van der Waals surface area contributed by atoms with Crippen molar-refractivity contribution in [3.63, 3.8) is 0 Å². The number of carbonyl (C=O) groups is 1. The Labute approximate surface area is 122 Å². The van der Waals surface area contributed by atoms with Crippen molar-refractivity contribution in [2.24, 2.45) is 0 Å². The fourth-order valence-corrected chi connectivity index (χ4v) is 2.47. The predicted molar refractivity (Wildman–Crippen MR) is 72.9 cm³/mol. The second-order valence-corrected chi connectivity index (χ2v) is 5.23. The van der Waals surface area contributed by atoms with Crippen LogP contribution in [0.4, 0.5) is 0 Å². The maximum atomic E-state index is 11.1. The molecule has 1 aromatic heterocycles. The van der Waals surface area contributed by atoms with Gasteiger partial charge < -0.3 is 19.6 Å². The lowest BCUT2D eigenvalue weighted by molar-refractivity contribution is -0.137. The SMILES string of the molecule is O=C(O)CC(c1ccc2c(c1)OCO2)c1ncc(Br)[nH]1. The van der Waals surface area contributed by atoms with Crippen LogP contribution in [-0.4, -0.2) is 27.8 Å². The number of aromatic amines is 1. The van der Waals surface area contributed by atoms with Crippen molar-refractivity contribution in [1.82, 2.24) is 9.97 Å². The van der Waals surface area contributed by atoms with Gasteiger partial charge in [0.1, 0.15) is 10.4 Å². The number of benzene rings is 1. The summed E-state index contributed by atoms with van der Waals surface area (Å²) in [6, 6.07) is 5.41. The Bertz CT molecular complexity index is 656. The van der Waals surface area contributed by atoms with E-state index in [-0.39, 0.29) is 19.1 Å². The third-order valence-corrected chi connectivity index (χ3v) is 3.48. The van der Waals surface area contributed by atoms with E-state index in [1.54, 1.807) is 18.3 Å². The molecule has 2 heterocycles. The van der Waals surface area contributed by atoms with Crippen LogP contribution in [0.15, 0.2) is 29.0 Å². The topological polar surface area (TPSA) is 84.4 Å². The number of fused-ring (bicyclic) bond motifs is 1. The lowest BCUT2D eigenvalue weighted by Crippen LogP contribution is -2.09.